The molecule has 0 atom stereocenters. The van der Waals surface area contributed by atoms with Crippen LogP contribution in [0.5, 0.6) is 0 Å². The van der Waals surface area contributed by atoms with Crippen LogP contribution in [-0.2, 0) is 16.0 Å². The Morgan fingerprint density at radius 1 is 0.811 bits per heavy atom. The second-order valence-corrected chi connectivity index (χ2v) is 9.17. The summed E-state index contributed by atoms with van der Waals surface area (Å²) >= 11 is 0. The molecule has 0 fully saturated rings. The van der Waals surface area contributed by atoms with E-state index >= 15 is 8.78 Å². The largest absolute Gasteiger partial charge is 0.692 e. The first-order valence-corrected chi connectivity index (χ1v) is 13.2. The van der Waals surface area contributed by atoms with Gasteiger partial charge in [-0.05, 0) is 22.6 Å². The standard InChI is InChI=1S/C28H29F2N3.HO3P/c1-3-22(4-2)20-27(29,30)26-31-21-33(32-26)28(23-14-8-5-9-15-23,24-16-10-6-11-17-24)25-18-12-7-13-19-25;1-4(2)3/h5-19,21-22H,3-4,20H2,1-2H3;(H-,1,2,3)/p+1. The molecule has 3 aromatic carbocycles. The SMILES string of the molecule is CCC(CC)CC(F)(F)c1ncn(C(c2ccccc2)(c2ccccc2)c2ccccc2)n1.O=[P+](O)O. The molecule has 2 N–H and O–H groups in total. The van der Waals surface area contributed by atoms with Gasteiger partial charge >= 0.3 is 14.2 Å². The Morgan fingerprint density at radius 2 is 1.19 bits per heavy atom. The van der Waals surface area contributed by atoms with Crippen molar-refractivity contribution in [1.29, 1.82) is 0 Å². The summed E-state index contributed by atoms with van der Waals surface area (Å²) in [6.45, 7) is 3.89. The molecule has 9 heteroatoms. The van der Waals surface area contributed by atoms with Crippen molar-refractivity contribution < 1.29 is 23.1 Å². The van der Waals surface area contributed by atoms with E-state index in [0.29, 0.717) is 12.8 Å². The summed E-state index contributed by atoms with van der Waals surface area (Å²) in [5.74, 6) is -3.60. The first-order valence-electron chi connectivity index (χ1n) is 12.1. The zero-order chi connectivity index (χ0) is 26.9. The topological polar surface area (TPSA) is 88.2 Å². The van der Waals surface area contributed by atoms with Crippen LogP contribution in [0, 0.1) is 5.92 Å². The lowest BCUT2D eigenvalue weighted by molar-refractivity contribution is -0.0388. The number of nitrogens with zero attached hydrogens (tertiary/aromatic N) is 3. The highest BCUT2D eigenvalue weighted by Gasteiger charge is 2.43. The molecule has 194 valence electrons. The van der Waals surface area contributed by atoms with Gasteiger partial charge < -0.3 is 0 Å². The van der Waals surface area contributed by atoms with Crippen LogP contribution in [0.4, 0.5) is 8.78 Å². The molecular formula is C28H31F2N3O3P+. The van der Waals surface area contributed by atoms with Crippen molar-refractivity contribution in [2.24, 2.45) is 5.92 Å². The third-order valence-corrected chi connectivity index (χ3v) is 6.44. The van der Waals surface area contributed by atoms with Gasteiger partial charge in [0, 0.05) is 11.0 Å². The lowest BCUT2D eigenvalue weighted by Gasteiger charge is -2.36. The molecule has 0 radical (unpaired) electrons. The second-order valence-electron chi connectivity index (χ2n) is 8.67. The van der Waals surface area contributed by atoms with E-state index in [1.807, 2.05) is 105 Å². The van der Waals surface area contributed by atoms with Gasteiger partial charge in [0.05, 0.1) is 0 Å². The van der Waals surface area contributed by atoms with Crippen molar-refractivity contribution in [3.8, 4) is 0 Å². The van der Waals surface area contributed by atoms with Crippen LogP contribution in [0.15, 0.2) is 97.3 Å². The molecule has 4 aromatic rings. The van der Waals surface area contributed by atoms with Crippen LogP contribution in [0.1, 0.15) is 55.6 Å². The molecule has 0 saturated carbocycles. The minimum atomic E-state index is -3.10. The highest BCUT2D eigenvalue weighted by atomic mass is 31.1. The van der Waals surface area contributed by atoms with Gasteiger partial charge in [-0.15, -0.1) is 14.9 Å². The maximum atomic E-state index is 15.3. The average molecular weight is 527 g/mol. The van der Waals surface area contributed by atoms with Crippen molar-refractivity contribution in [1.82, 2.24) is 14.8 Å². The summed E-state index contributed by atoms with van der Waals surface area (Å²) in [6.07, 6.45) is 2.60. The van der Waals surface area contributed by atoms with E-state index in [0.717, 1.165) is 16.7 Å². The highest BCUT2D eigenvalue weighted by Crippen LogP contribution is 2.41. The van der Waals surface area contributed by atoms with Gasteiger partial charge in [-0.1, -0.05) is 118 Å². The van der Waals surface area contributed by atoms with Gasteiger partial charge in [0.15, 0.2) is 0 Å². The zero-order valence-electron chi connectivity index (χ0n) is 20.8. The summed E-state index contributed by atoms with van der Waals surface area (Å²) in [7, 11) is -2.87. The number of halogens is 2. The predicted octanol–water partition coefficient (Wildman–Crippen LogP) is 6.66. The van der Waals surface area contributed by atoms with E-state index < -0.39 is 25.5 Å². The number of aromatic nitrogens is 3. The molecule has 0 bridgehead atoms. The maximum Gasteiger partial charge on any atom is 0.692 e. The van der Waals surface area contributed by atoms with E-state index in [-0.39, 0.29) is 12.3 Å². The number of hydrogen-bond donors (Lipinski definition) is 2. The Kier molecular flexibility index (Phi) is 9.75. The smallest absolute Gasteiger partial charge is 0.233 e. The van der Waals surface area contributed by atoms with Gasteiger partial charge in [-0.25, -0.2) is 9.67 Å². The maximum absolute atomic E-state index is 15.3. The van der Waals surface area contributed by atoms with E-state index in [9.17, 15) is 0 Å². The summed E-state index contributed by atoms with van der Waals surface area (Å²) in [4.78, 5) is 18.4. The van der Waals surface area contributed by atoms with E-state index in [2.05, 4.69) is 10.1 Å². The first kappa shape index (κ1) is 28.3. The first-order chi connectivity index (χ1) is 17.8. The molecule has 0 aliphatic carbocycles. The number of hydrogen-bond acceptors (Lipinski definition) is 3. The van der Waals surface area contributed by atoms with Crippen LogP contribution < -0.4 is 0 Å². The van der Waals surface area contributed by atoms with Crippen molar-refractivity contribution in [2.45, 2.75) is 44.6 Å². The Hall–Kier alpha value is -3.32. The Labute approximate surface area is 216 Å². The molecule has 1 heterocycles. The van der Waals surface area contributed by atoms with Crippen molar-refractivity contribution >= 4 is 8.25 Å². The molecule has 0 unspecified atom stereocenters. The quantitative estimate of drug-likeness (QED) is 0.188. The third kappa shape index (κ3) is 6.52. The molecule has 0 amide bonds. The van der Waals surface area contributed by atoms with Gasteiger partial charge in [0.1, 0.15) is 11.9 Å². The minimum Gasteiger partial charge on any atom is -0.233 e. The third-order valence-electron chi connectivity index (χ3n) is 6.44. The van der Waals surface area contributed by atoms with Crippen LogP contribution in [-0.4, -0.2) is 24.6 Å². The molecule has 0 spiro atoms. The van der Waals surface area contributed by atoms with Crippen LogP contribution >= 0.6 is 8.25 Å². The molecule has 6 nitrogen and oxygen atoms in total. The molecule has 4 rings (SSSR count). The molecule has 1 aromatic heterocycles. The van der Waals surface area contributed by atoms with Crippen molar-refractivity contribution in [3.63, 3.8) is 0 Å². The Balaban J connectivity index is 0.000000886. The monoisotopic (exact) mass is 526 g/mol. The summed E-state index contributed by atoms with van der Waals surface area (Å²) in [5.41, 5.74) is 1.81. The normalized spacial score (nSPS) is 11.6. The molecule has 0 saturated heterocycles. The number of alkyl halides is 2. The fourth-order valence-corrected chi connectivity index (χ4v) is 4.56. The predicted molar refractivity (Wildman–Crippen MR) is 139 cm³/mol. The van der Waals surface area contributed by atoms with Crippen LogP contribution in [0.25, 0.3) is 0 Å². The molecule has 37 heavy (non-hydrogen) atoms. The molecular weight excluding hydrogens is 495 g/mol. The van der Waals surface area contributed by atoms with Gasteiger partial charge in [0.2, 0.25) is 5.82 Å². The number of benzene rings is 3. The van der Waals surface area contributed by atoms with Crippen LogP contribution in [0.3, 0.4) is 0 Å². The summed E-state index contributed by atoms with van der Waals surface area (Å²) in [5, 5.41) is 4.46. The minimum absolute atomic E-state index is 0.0749. The van der Waals surface area contributed by atoms with Gasteiger partial charge in [0.25, 0.3) is 0 Å². The lowest BCUT2D eigenvalue weighted by Crippen LogP contribution is -2.38. The van der Waals surface area contributed by atoms with E-state index in [1.54, 1.807) is 4.68 Å². The molecule has 0 aliphatic heterocycles. The van der Waals surface area contributed by atoms with Gasteiger partial charge in [-0.2, -0.15) is 8.78 Å². The zero-order valence-corrected chi connectivity index (χ0v) is 21.7. The lowest BCUT2D eigenvalue weighted by atomic mass is 9.77. The summed E-state index contributed by atoms with van der Waals surface area (Å²) in [6, 6.07) is 29.6. The van der Waals surface area contributed by atoms with E-state index in [1.165, 1.54) is 6.33 Å². The van der Waals surface area contributed by atoms with E-state index in [4.69, 9.17) is 14.4 Å². The second kappa shape index (κ2) is 12.8. The molecule has 0 aliphatic rings. The van der Waals surface area contributed by atoms with Gasteiger partial charge in [-0.3, -0.25) is 0 Å². The Morgan fingerprint density at radius 3 is 1.54 bits per heavy atom. The van der Waals surface area contributed by atoms with Crippen LogP contribution in [0.2, 0.25) is 0 Å². The Bertz CT molecular complexity index is 1150. The number of rotatable bonds is 9. The fourth-order valence-electron chi connectivity index (χ4n) is 4.56. The van der Waals surface area contributed by atoms with Crippen molar-refractivity contribution in [3.05, 3.63) is 120 Å². The highest BCUT2D eigenvalue weighted by molar-refractivity contribution is 7.30. The average Bonchev–Trinajstić information content (AvgIpc) is 3.41. The van der Waals surface area contributed by atoms with Crippen molar-refractivity contribution in [2.75, 3.05) is 0 Å². The fraction of sp³-hybridized carbons (Fsp3) is 0.286. The summed E-state index contributed by atoms with van der Waals surface area (Å²) < 4.78 is 40.8.